The maximum atomic E-state index is 12.0. The monoisotopic (exact) mass is 283 g/mol. The molecule has 0 aromatic carbocycles. The molecule has 0 spiro atoms. The van der Waals surface area contributed by atoms with Gasteiger partial charge < -0.3 is 15.3 Å². The maximum absolute atomic E-state index is 12.0. The molecule has 1 saturated carbocycles. The van der Waals surface area contributed by atoms with Gasteiger partial charge in [0.15, 0.2) is 0 Å². The van der Waals surface area contributed by atoms with Crippen LogP contribution in [0.2, 0.25) is 0 Å². The molecule has 2 amide bonds. The molecule has 0 aliphatic heterocycles. The number of aliphatic hydroxyl groups excluding tert-OH is 1. The van der Waals surface area contributed by atoms with Crippen LogP contribution >= 0.6 is 11.3 Å². The number of aromatic nitrogens is 1. The Balaban J connectivity index is 1.82. The van der Waals surface area contributed by atoms with E-state index in [4.69, 9.17) is 0 Å². The number of nitrogens with zero attached hydrogens (tertiary/aromatic N) is 2. The zero-order valence-corrected chi connectivity index (χ0v) is 12.4. The summed E-state index contributed by atoms with van der Waals surface area (Å²) in [5.74, 6) is 0.384. The van der Waals surface area contributed by atoms with E-state index in [1.807, 2.05) is 19.2 Å². The molecule has 5 nitrogen and oxygen atoms in total. The molecule has 19 heavy (non-hydrogen) atoms. The Morgan fingerprint density at radius 3 is 2.89 bits per heavy atom. The molecule has 2 atom stereocenters. The van der Waals surface area contributed by atoms with Gasteiger partial charge in [0.05, 0.1) is 12.1 Å². The predicted octanol–water partition coefficient (Wildman–Crippen LogP) is 1.92. The van der Waals surface area contributed by atoms with Gasteiger partial charge in [-0.05, 0) is 32.6 Å². The summed E-state index contributed by atoms with van der Waals surface area (Å²) in [5, 5.41) is 15.6. The van der Waals surface area contributed by atoms with Crippen LogP contribution in [0.5, 0.6) is 0 Å². The molecule has 0 saturated heterocycles. The van der Waals surface area contributed by atoms with Crippen molar-refractivity contribution in [2.75, 3.05) is 13.6 Å². The zero-order valence-electron chi connectivity index (χ0n) is 11.6. The van der Waals surface area contributed by atoms with Crippen LogP contribution in [-0.2, 0) is 0 Å². The highest BCUT2D eigenvalue weighted by Crippen LogP contribution is 2.32. The Hall–Kier alpha value is -1.14. The minimum atomic E-state index is -0.395. The lowest BCUT2D eigenvalue weighted by Crippen LogP contribution is -2.42. The molecule has 2 N–H and O–H groups in total. The van der Waals surface area contributed by atoms with Crippen LogP contribution in [0.1, 0.15) is 36.5 Å². The first-order valence-electron chi connectivity index (χ1n) is 6.59. The van der Waals surface area contributed by atoms with Gasteiger partial charge in [0.25, 0.3) is 0 Å². The number of amides is 2. The number of urea groups is 1. The zero-order chi connectivity index (χ0) is 14.0. The Labute approximate surface area is 117 Å². The number of likely N-dealkylation sites (N-methyl/N-ethyl adjacent to an activating group) is 1. The SMILES string of the molecule is Cc1csc(C(C)NC(=O)N(C)CC(O)C2CC2)n1. The van der Waals surface area contributed by atoms with Crippen LogP contribution < -0.4 is 5.32 Å². The fourth-order valence-electron chi connectivity index (χ4n) is 1.92. The number of thiazole rings is 1. The van der Waals surface area contributed by atoms with Gasteiger partial charge in [-0.25, -0.2) is 9.78 Å². The van der Waals surface area contributed by atoms with Gasteiger partial charge in [0.1, 0.15) is 5.01 Å². The van der Waals surface area contributed by atoms with E-state index in [1.54, 1.807) is 23.3 Å². The second-order valence-electron chi connectivity index (χ2n) is 5.28. The number of hydrogen-bond acceptors (Lipinski definition) is 4. The molecule has 1 aromatic rings. The fourth-order valence-corrected chi connectivity index (χ4v) is 2.73. The van der Waals surface area contributed by atoms with Crippen molar-refractivity contribution in [2.45, 2.75) is 38.8 Å². The fraction of sp³-hybridized carbons (Fsp3) is 0.692. The van der Waals surface area contributed by atoms with Gasteiger partial charge in [0.2, 0.25) is 0 Å². The van der Waals surface area contributed by atoms with Gasteiger partial charge in [-0.2, -0.15) is 0 Å². The van der Waals surface area contributed by atoms with Gasteiger partial charge in [-0.3, -0.25) is 0 Å². The highest BCUT2D eigenvalue weighted by Gasteiger charge is 2.31. The molecule has 2 rings (SSSR count). The number of aryl methyl sites for hydroxylation is 1. The first kappa shape index (κ1) is 14.3. The molecule has 1 aliphatic rings. The van der Waals surface area contributed by atoms with Gasteiger partial charge in [-0.15, -0.1) is 11.3 Å². The van der Waals surface area contributed by atoms with Crippen LogP contribution in [0, 0.1) is 12.8 Å². The van der Waals surface area contributed by atoms with Crippen molar-refractivity contribution in [1.82, 2.24) is 15.2 Å². The highest BCUT2D eigenvalue weighted by molar-refractivity contribution is 7.09. The quantitative estimate of drug-likeness (QED) is 0.867. The Bertz CT molecular complexity index is 445. The molecule has 1 aliphatic carbocycles. The summed E-state index contributed by atoms with van der Waals surface area (Å²) in [6.45, 7) is 4.24. The highest BCUT2D eigenvalue weighted by atomic mass is 32.1. The third kappa shape index (κ3) is 3.91. The van der Waals surface area contributed by atoms with Crippen LogP contribution in [-0.4, -0.2) is 40.7 Å². The molecule has 1 aromatic heterocycles. The molecule has 0 radical (unpaired) electrons. The average Bonchev–Trinajstić information content (AvgIpc) is 3.11. The summed E-state index contributed by atoms with van der Waals surface area (Å²) in [6, 6.07) is -0.272. The van der Waals surface area contributed by atoms with Gasteiger partial charge in [-0.1, -0.05) is 0 Å². The molecular weight excluding hydrogens is 262 g/mol. The van der Waals surface area contributed by atoms with Crippen molar-refractivity contribution >= 4 is 17.4 Å². The van der Waals surface area contributed by atoms with Gasteiger partial charge >= 0.3 is 6.03 Å². The summed E-state index contributed by atoms with van der Waals surface area (Å²) in [4.78, 5) is 17.9. The summed E-state index contributed by atoms with van der Waals surface area (Å²) in [6.07, 6.45) is 1.75. The lowest BCUT2D eigenvalue weighted by molar-refractivity contribution is 0.113. The van der Waals surface area contributed by atoms with E-state index in [1.165, 1.54) is 0 Å². The third-order valence-corrected chi connectivity index (χ3v) is 4.47. The minimum absolute atomic E-state index is 0.105. The second kappa shape index (κ2) is 5.88. The Morgan fingerprint density at radius 1 is 1.68 bits per heavy atom. The van der Waals surface area contributed by atoms with E-state index in [9.17, 15) is 9.90 Å². The van der Waals surface area contributed by atoms with Gasteiger partial charge in [0, 0.05) is 24.7 Å². The largest absolute Gasteiger partial charge is 0.391 e. The van der Waals surface area contributed by atoms with Crippen LogP contribution in [0.25, 0.3) is 0 Å². The molecule has 0 bridgehead atoms. The summed E-state index contributed by atoms with van der Waals surface area (Å²) in [7, 11) is 1.71. The number of carbonyl (C=O) groups excluding carboxylic acids is 1. The normalized spacial score (nSPS) is 17.9. The van der Waals surface area contributed by atoms with E-state index < -0.39 is 6.10 Å². The lowest BCUT2D eigenvalue weighted by Gasteiger charge is -2.23. The van der Waals surface area contributed by atoms with Crippen molar-refractivity contribution in [2.24, 2.45) is 5.92 Å². The van der Waals surface area contributed by atoms with Crippen molar-refractivity contribution < 1.29 is 9.90 Å². The van der Waals surface area contributed by atoms with Crippen molar-refractivity contribution in [3.05, 3.63) is 16.1 Å². The number of rotatable bonds is 5. The number of carbonyl (C=O) groups is 1. The smallest absolute Gasteiger partial charge is 0.317 e. The number of aliphatic hydroxyl groups is 1. The number of nitrogens with one attached hydrogen (secondary N) is 1. The lowest BCUT2D eigenvalue weighted by atomic mass is 10.2. The van der Waals surface area contributed by atoms with Crippen LogP contribution in [0.4, 0.5) is 4.79 Å². The standard InChI is InChI=1S/C13H21N3O2S/c1-8-7-19-12(14-8)9(2)15-13(18)16(3)6-11(17)10-4-5-10/h7,9-11,17H,4-6H2,1-3H3,(H,15,18). The Kier molecular flexibility index (Phi) is 4.42. The molecule has 2 unspecified atom stereocenters. The topological polar surface area (TPSA) is 65.5 Å². The average molecular weight is 283 g/mol. The van der Waals surface area contributed by atoms with Crippen molar-refractivity contribution in [3.63, 3.8) is 0 Å². The summed E-state index contributed by atoms with van der Waals surface area (Å²) in [5.41, 5.74) is 0.971. The molecule has 1 fully saturated rings. The van der Waals surface area contributed by atoms with E-state index in [0.717, 1.165) is 23.5 Å². The molecular formula is C13H21N3O2S. The van der Waals surface area contributed by atoms with E-state index >= 15 is 0 Å². The minimum Gasteiger partial charge on any atom is -0.391 e. The van der Waals surface area contributed by atoms with Crippen molar-refractivity contribution in [3.8, 4) is 0 Å². The first-order valence-corrected chi connectivity index (χ1v) is 7.47. The molecule has 1 heterocycles. The molecule has 6 heteroatoms. The van der Waals surface area contributed by atoms with Crippen molar-refractivity contribution in [1.29, 1.82) is 0 Å². The second-order valence-corrected chi connectivity index (χ2v) is 6.17. The third-order valence-electron chi connectivity index (χ3n) is 3.32. The number of hydrogen-bond donors (Lipinski definition) is 2. The summed E-state index contributed by atoms with van der Waals surface area (Å²) >= 11 is 1.55. The van der Waals surface area contributed by atoms with E-state index in [2.05, 4.69) is 10.3 Å². The van der Waals surface area contributed by atoms with Crippen LogP contribution in [0.3, 0.4) is 0 Å². The predicted molar refractivity (Wildman–Crippen MR) is 75.2 cm³/mol. The van der Waals surface area contributed by atoms with Crippen LogP contribution in [0.15, 0.2) is 5.38 Å². The molecule has 106 valence electrons. The van der Waals surface area contributed by atoms with E-state index in [0.29, 0.717) is 12.5 Å². The maximum Gasteiger partial charge on any atom is 0.317 e. The summed E-state index contributed by atoms with van der Waals surface area (Å²) < 4.78 is 0. The Morgan fingerprint density at radius 2 is 2.37 bits per heavy atom. The first-order chi connectivity index (χ1) is 8.97. The van der Waals surface area contributed by atoms with E-state index in [-0.39, 0.29) is 12.1 Å².